The highest BCUT2D eigenvalue weighted by molar-refractivity contribution is 6.33. The number of carboxylic acid groups (broad SMARTS) is 1. The summed E-state index contributed by atoms with van der Waals surface area (Å²) in [6.45, 7) is 1.98. The molecule has 0 fully saturated rings. The van der Waals surface area contributed by atoms with E-state index in [-0.39, 0.29) is 10.7 Å². The number of pyridine rings is 1. The summed E-state index contributed by atoms with van der Waals surface area (Å²) in [5.41, 5.74) is 1.53. The van der Waals surface area contributed by atoms with Gasteiger partial charge in [-0.25, -0.2) is 14.8 Å². The fourth-order valence-corrected chi connectivity index (χ4v) is 1.75. The van der Waals surface area contributed by atoms with Crippen LogP contribution in [0.5, 0.6) is 0 Å². The summed E-state index contributed by atoms with van der Waals surface area (Å²) in [5.74, 6) is -0.827. The van der Waals surface area contributed by atoms with Crippen LogP contribution in [-0.4, -0.2) is 26.0 Å². The maximum Gasteiger partial charge on any atom is 0.356 e. The summed E-state index contributed by atoms with van der Waals surface area (Å²) in [5, 5.41) is 9.00. The number of hydrogen-bond donors (Lipinski definition) is 1. The van der Waals surface area contributed by atoms with Gasteiger partial charge in [-0.05, 0) is 18.1 Å². The van der Waals surface area contributed by atoms with E-state index in [0.717, 1.165) is 17.5 Å². The van der Waals surface area contributed by atoms with E-state index in [1.165, 1.54) is 6.20 Å². The molecule has 2 heterocycles. The fraction of sp³-hybridized carbons (Fsp3) is 0.167. The van der Waals surface area contributed by atoms with E-state index in [4.69, 9.17) is 16.7 Å². The Balaban J connectivity index is 2.58. The minimum absolute atomic E-state index is 0.0263. The molecule has 0 aliphatic carbocycles. The molecule has 0 saturated carbocycles. The molecule has 6 heteroatoms. The second-order valence-corrected chi connectivity index (χ2v) is 3.99. The number of aryl methyl sites for hydroxylation is 1. The van der Waals surface area contributed by atoms with Gasteiger partial charge in [-0.3, -0.25) is 4.98 Å². The standard InChI is InChI=1S/C12H10ClN3O2/c1-2-7-5-14-4-3-8(7)11-15-6-9(13)10(16-11)12(17)18/h3-6H,2H2,1H3,(H,17,18). The molecule has 0 saturated heterocycles. The van der Waals surface area contributed by atoms with Crippen LogP contribution in [0, 0.1) is 0 Å². The monoisotopic (exact) mass is 263 g/mol. The summed E-state index contributed by atoms with van der Waals surface area (Å²) in [4.78, 5) is 23.0. The average molecular weight is 264 g/mol. The molecule has 0 aliphatic rings. The van der Waals surface area contributed by atoms with Crippen molar-refractivity contribution in [1.82, 2.24) is 15.0 Å². The van der Waals surface area contributed by atoms with E-state index < -0.39 is 5.97 Å². The van der Waals surface area contributed by atoms with Crippen LogP contribution >= 0.6 is 11.6 Å². The fourth-order valence-electron chi connectivity index (χ4n) is 1.57. The Morgan fingerprint density at radius 1 is 1.44 bits per heavy atom. The Bertz CT molecular complexity index is 602. The molecule has 0 aliphatic heterocycles. The van der Waals surface area contributed by atoms with E-state index in [1.54, 1.807) is 18.5 Å². The smallest absolute Gasteiger partial charge is 0.356 e. The van der Waals surface area contributed by atoms with Crippen LogP contribution in [0.25, 0.3) is 11.4 Å². The highest BCUT2D eigenvalue weighted by Crippen LogP contribution is 2.22. The molecule has 0 unspecified atom stereocenters. The lowest BCUT2D eigenvalue weighted by atomic mass is 10.1. The van der Waals surface area contributed by atoms with E-state index in [9.17, 15) is 4.79 Å². The van der Waals surface area contributed by atoms with Gasteiger partial charge >= 0.3 is 5.97 Å². The first-order valence-electron chi connectivity index (χ1n) is 5.32. The van der Waals surface area contributed by atoms with Crippen LogP contribution in [0.2, 0.25) is 5.02 Å². The Morgan fingerprint density at radius 2 is 2.22 bits per heavy atom. The summed E-state index contributed by atoms with van der Waals surface area (Å²) in [7, 11) is 0. The van der Waals surface area contributed by atoms with Crippen molar-refractivity contribution in [3.8, 4) is 11.4 Å². The molecule has 1 N–H and O–H groups in total. The topological polar surface area (TPSA) is 76.0 Å². The van der Waals surface area contributed by atoms with Gasteiger partial charge in [0.2, 0.25) is 0 Å². The largest absolute Gasteiger partial charge is 0.476 e. The zero-order valence-corrected chi connectivity index (χ0v) is 10.3. The summed E-state index contributed by atoms with van der Waals surface area (Å²) >= 11 is 5.73. The van der Waals surface area contributed by atoms with Crippen molar-refractivity contribution >= 4 is 17.6 Å². The van der Waals surface area contributed by atoms with Crippen molar-refractivity contribution < 1.29 is 9.90 Å². The zero-order chi connectivity index (χ0) is 13.1. The average Bonchev–Trinajstić information content (AvgIpc) is 2.39. The van der Waals surface area contributed by atoms with Crippen molar-refractivity contribution in [2.75, 3.05) is 0 Å². The third kappa shape index (κ3) is 2.31. The molecular weight excluding hydrogens is 254 g/mol. The molecule has 2 rings (SSSR count). The van der Waals surface area contributed by atoms with E-state index in [0.29, 0.717) is 5.82 Å². The second kappa shape index (κ2) is 5.10. The molecule has 0 radical (unpaired) electrons. The molecule has 2 aromatic heterocycles. The van der Waals surface area contributed by atoms with E-state index in [1.807, 2.05) is 6.92 Å². The van der Waals surface area contributed by atoms with Gasteiger partial charge in [0.15, 0.2) is 11.5 Å². The van der Waals surface area contributed by atoms with E-state index in [2.05, 4.69) is 15.0 Å². The normalized spacial score (nSPS) is 10.3. The van der Waals surface area contributed by atoms with Gasteiger partial charge in [-0.1, -0.05) is 18.5 Å². The van der Waals surface area contributed by atoms with E-state index >= 15 is 0 Å². The number of hydrogen-bond acceptors (Lipinski definition) is 4. The Kier molecular flexibility index (Phi) is 3.53. The molecule has 5 nitrogen and oxygen atoms in total. The Hall–Kier alpha value is -2.01. The van der Waals surface area contributed by atoms with Crippen LogP contribution in [0.1, 0.15) is 23.0 Å². The molecule has 0 bridgehead atoms. The predicted molar refractivity (Wildman–Crippen MR) is 66.6 cm³/mol. The van der Waals surface area contributed by atoms with Crippen molar-refractivity contribution in [3.05, 3.63) is 40.9 Å². The molecule has 92 valence electrons. The number of carboxylic acids is 1. The number of rotatable bonds is 3. The molecule has 2 aromatic rings. The SMILES string of the molecule is CCc1cnccc1-c1ncc(Cl)c(C(=O)O)n1. The molecule has 0 atom stereocenters. The van der Waals surface area contributed by atoms with Crippen LogP contribution in [0.3, 0.4) is 0 Å². The molecule has 0 spiro atoms. The van der Waals surface area contributed by atoms with Crippen LogP contribution in [0.4, 0.5) is 0 Å². The first-order chi connectivity index (χ1) is 8.63. The Labute approximate surface area is 109 Å². The van der Waals surface area contributed by atoms with Crippen LogP contribution in [0.15, 0.2) is 24.7 Å². The highest BCUT2D eigenvalue weighted by atomic mass is 35.5. The zero-order valence-electron chi connectivity index (χ0n) is 9.59. The lowest BCUT2D eigenvalue weighted by Crippen LogP contribution is -2.05. The summed E-state index contributed by atoms with van der Waals surface area (Å²) in [6, 6.07) is 1.76. The van der Waals surface area contributed by atoms with Gasteiger partial charge in [-0.15, -0.1) is 0 Å². The third-order valence-electron chi connectivity index (χ3n) is 2.47. The van der Waals surface area contributed by atoms with Crippen molar-refractivity contribution in [3.63, 3.8) is 0 Å². The number of aromatic nitrogens is 3. The number of halogens is 1. The molecule has 0 aromatic carbocycles. The lowest BCUT2D eigenvalue weighted by molar-refractivity contribution is 0.0690. The number of carbonyl (C=O) groups is 1. The van der Waals surface area contributed by atoms with Gasteiger partial charge in [-0.2, -0.15) is 0 Å². The van der Waals surface area contributed by atoms with Crippen LogP contribution < -0.4 is 0 Å². The quantitative estimate of drug-likeness (QED) is 0.920. The summed E-state index contributed by atoms with van der Waals surface area (Å²) < 4.78 is 0. The maximum absolute atomic E-state index is 11.0. The summed E-state index contributed by atoms with van der Waals surface area (Å²) in [6.07, 6.45) is 5.39. The van der Waals surface area contributed by atoms with Gasteiger partial charge in [0, 0.05) is 18.0 Å². The van der Waals surface area contributed by atoms with Crippen molar-refractivity contribution in [2.24, 2.45) is 0 Å². The number of nitrogens with zero attached hydrogens (tertiary/aromatic N) is 3. The number of aromatic carboxylic acids is 1. The third-order valence-corrected chi connectivity index (χ3v) is 2.75. The first kappa shape index (κ1) is 12.4. The molecule has 0 amide bonds. The predicted octanol–water partition coefficient (Wildman–Crippen LogP) is 2.45. The van der Waals surface area contributed by atoms with Gasteiger partial charge in [0.1, 0.15) is 0 Å². The molecular formula is C12H10ClN3O2. The van der Waals surface area contributed by atoms with Crippen LogP contribution in [-0.2, 0) is 6.42 Å². The maximum atomic E-state index is 11.0. The van der Waals surface area contributed by atoms with Gasteiger partial charge < -0.3 is 5.11 Å². The lowest BCUT2D eigenvalue weighted by Gasteiger charge is -2.06. The molecule has 18 heavy (non-hydrogen) atoms. The van der Waals surface area contributed by atoms with Crippen molar-refractivity contribution in [1.29, 1.82) is 0 Å². The second-order valence-electron chi connectivity index (χ2n) is 3.58. The van der Waals surface area contributed by atoms with Gasteiger partial charge in [0.05, 0.1) is 11.2 Å². The highest BCUT2D eigenvalue weighted by Gasteiger charge is 2.14. The van der Waals surface area contributed by atoms with Gasteiger partial charge in [0.25, 0.3) is 0 Å². The first-order valence-corrected chi connectivity index (χ1v) is 5.70. The Morgan fingerprint density at radius 3 is 2.89 bits per heavy atom. The minimum Gasteiger partial charge on any atom is -0.476 e. The minimum atomic E-state index is -1.17. The van der Waals surface area contributed by atoms with Crippen molar-refractivity contribution in [2.45, 2.75) is 13.3 Å².